The summed E-state index contributed by atoms with van der Waals surface area (Å²) in [5, 5.41) is 0. The van der Waals surface area contributed by atoms with Crippen LogP contribution in [-0.2, 0) is 14.4 Å². The van der Waals surface area contributed by atoms with Crippen LogP contribution in [-0.4, -0.2) is 41.3 Å². The highest BCUT2D eigenvalue weighted by Gasteiger charge is 2.48. The second kappa shape index (κ2) is 7.94. The first-order valence-corrected chi connectivity index (χ1v) is 10.1. The number of nitrogens with zero attached hydrogens (tertiary/aromatic N) is 2. The molecular weight excluding hydrogens is 356 g/mol. The van der Waals surface area contributed by atoms with E-state index in [1.807, 2.05) is 20.8 Å². The molecule has 1 aliphatic carbocycles. The first-order valence-electron chi connectivity index (χ1n) is 10.1. The molecular formula is C22H30N2O4. The third-order valence-electron chi connectivity index (χ3n) is 5.68. The minimum absolute atomic E-state index is 0.00920. The number of benzene rings is 1. The van der Waals surface area contributed by atoms with Crippen molar-refractivity contribution in [3.05, 3.63) is 24.3 Å². The molecule has 0 bridgehead atoms. The Hall–Kier alpha value is -2.37. The Bertz CT molecular complexity index is 745. The van der Waals surface area contributed by atoms with E-state index in [2.05, 4.69) is 0 Å². The molecule has 6 nitrogen and oxygen atoms in total. The highest BCUT2D eigenvalue weighted by atomic mass is 16.5. The normalized spacial score (nSPS) is 21.1. The molecule has 0 spiro atoms. The van der Waals surface area contributed by atoms with Gasteiger partial charge in [0, 0.05) is 11.5 Å². The second-order valence-electron chi connectivity index (χ2n) is 8.70. The van der Waals surface area contributed by atoms with Gasteiger partial charge < -0.3 is 9.64 Å². The molecule has 152 valence electrons. The largest absolute Gasteiger partial charge is 0.497 e. The average Bonchev–Trinajstić information content (AvgIpc) is 2.95. The van der Waals surface area contributed by atoms with Gasteiger partial charge in [0.25, 0.3) is 5.91 Å². The number of methoxy groups -OCH3 is 1. The van der Waals surface area contributed by atoms with Crippen LogP contribution in [0.5, 0.6) is 5.75 Å². The van der Waals surface area contributed by atoms with Gasteiger partial charge in [-0.2, -0.15) is 0 Å². The van der Waals surface area contributed by atoms with E-state index in [0.29, 0.717) is 11.4 Å². The Kier molecular flexibility index (Phi) is 5.77. The quantitative estimate of drug-likeness (QED) is 0.743. The standard InChI is InChI=1S/C22H30N2O4/c1-22(2,3)24(20(26)15-8-6-5-7-9-15)18-14-19(25)23(21(18)27)16-10-12-17(28-4)13-11-16/h10-13,15,18H,5-9,14H2,1-4H3. The summed E-state index contributed by atoms with van der Waals surface area (Å²) >= 11 is 0. The smallest absolute Gasteiger partial charge is 0.257 e. The van der Waals surface area contributed by atoms with Gasteiger partial charge in [-0.15, -0.1) is 0 Å². The number of amides is 3. The van der Waals surface area contributed by atoms with Crippen LogP contribution < -0.4 is 9.64 Å². The maximum atomic E-state index is 13.3. The zero-order valence-electron chi connectivity index (χ0n) is 17.2. The minimum atomic E-state index is -0.746. The van der Waals surface area contributed by atoms with E-state index in [1.165, 1.54) is 4.90 Å². The fourth-order valence-corrected chi connectivity index (χ4v) is 4.32. The Labute approximate surface area is 166 Å². The van der Waals surface area contributed by atoms with Crippen molar-refractivity contribution in [1.29, 1.82) is 0 Å². The summed E-state index contributed by atoms with van der Waals surface area (Å²) in [6.45, 7) is 5.80. The van der Waals surface area contributed by atoms with Crippen LogP contribution in [0.2, 0.25) is 0 Å². The van der Waals surface area contributed by atoms with Crippen molar-refractivity contribution in [2.45, 2.75) is 70.9 Å². The molecule has 0 radical (unpaired) electrons. The predicted octanol–water partition coefficient (Wildman–Crippen LogP) is 3.53. The van der Waals surface area contributed by atoms with Crippen LogP contribution >= 0.6 is 0 Å². The first kappa shape index (κ1) is 20.4. The van der Waals surface area contributed by atoms with Crippen molar-refractivity contribution in [3.63, 3.8) is 0 Å². The molecule has 1 saturated carbocycles. The Morgan fingerprint density at radius 1 is 1.07 bits per heavy atom. The number of ether oxygens (including phenoxy) is 1. The number of anilines is 1. The number of carbonyl (C=O) groups excluding carboxylic acids is 3. The van der Waals surface area contributed by atoms with E-state index in [1.54, 1.807) is 36.3 Å². The highest BCUT2D eigenvalue weighted by Crippen LogP contribution is 2.34. The van der Waals surface area contributed by atoms with E-state index in [0.717, 1.165) is 32.1 Å². The second-order valence-corrected chi connectivity index (χ2v) is 8.70. The van der Waals surface area contributed by atoms with Gasteiger partial charge in [0.2, 0.25) is 11.8 Å². The molecule has 6 heteroatoms. The lowest BCUT2D eigenvalue weighted by Crippen LogP contribution is -2.56. The third-order valence-corrected chi connectivity index (χ3v) is 5.68. The zero-order chi connectivity index (χ0) is 20.5. The monoisotopic (exact) mass is 386 g/mol. The molecule has 3 rings (SSSR count). The highest BCUT2D eigenvalue weighted by molar-refractivity contribution is 6.23. The van der Waals surface area contributed by atoms with E-state index in [9.17, 15) is 14.4 Å². The van der Waals surface area contributed by atoms with Crippen molar-refractivity contribution in [3.8, 4) is 5.75 Å². The molecule has 0 aromatic heterocycles. The fraction of sp³-hybridized carbons (Fsp3) is 0.591. The molecule has 3 amide bonds. The van der Waals surface area contributed by atoms with Gasteiger partial charge in [-0.05, 0) is 57.9 Å². The van der Waals surface area contributed by atoms with E-state index in [-0.39, 0.29) is 30.1 Å². The fourth-order valence-electron chi connectivity index (χ4n) is 4.32. The van der Waals surface area contributed by atoms with E-state index >= 15 is 0 Å². The molecule has 1 aliphatic heterocycles. The SMILES string of the molecule is COc1ccc(N2C(=O)CC(N(C(=O)C3CCCCC3)C(C)(C)C)C2=O)cc1. The summed E-state index contributed by atoms with van der Waals surface area (Å²) in [5.74, 6) is 0.0177. The van der Waals surface area contributed by atoms with Crippen molar-refractivity contribution in [2.75, 3.05) is 12.0 Å². The molecule has 2 fully saturated rings. The Morgan fingerprint density at radius 2 is 1.68 bits per heavy atom. The molecule has 1 atom stereocenters. The van der Waals surface area contributed by atoms with Gasteiger partial charge in [0.1, 0.15) is 11.8 Å². The summed E-state index contributed by atoms with van der Waals surface area (Å²) in [7, 11) is 1.56. The van der Waals surface area contributed by atoms with Crippen LogP contribution in [0.4, 0.5) is 5.69 Å². The van der Waals surface area contributed by atoms with Crippen LogP contribution in [0, 0.1) is 5.92 Å². The van der Waals surface area contributed by atoms with Crippen molar-refractivity contribution >= 4 is 23.4 Å². The van der Waals surface area contributed by atoms with Crippen LogP contribution in [0.3, 0.4) is 0 Å². The zero-order valence-corrected chi connectivity index (χ0v) is 17.2. The van der Waals surface area contributed by atoms with E-state index < -0.39 is 11.6 Å². The third kappa shape index (κ3) is 3.91. The van der Waals surface area contributed by atoms with Gasteiger partial charge in [0.05, 0.1) is 19.2 Å². The molecule has 1 unspecified atom stereocenters. The number of hydrogen-bond acceptors (Lipinski definition) is 4. The van der Waals surface area contributed by atoms with Gasteiger partial charge >= 0.3 is 0 Å². The van der Waals surface area contributed by atoms with Gasteiger partial charge in [-0.3, -0.25) is 14.4 Å². The molecule has 1 aromatic carbocycles. The molecule has 1 saturated heterocycles. The summed E-state index contributed by atoms with van der Waals surface area (Å²) in [5.41, 5.74) is -0.0253. The van der Waals surface area contributed by atoms with Crippen molar-refractivity contribution in [1.82, 2.24) is 4.90 Å². The van der Waals surface area contributed by atoms with Gasteiger partial charge in [-0.25, -0.2) is 4.90 Å². The molecule has 1 aromatic rings. The summed E-state index contributed by atoms with van der Waals surface area (Å²) < 4.78 is 5.15. The molecule has 28 heavy (non-hydrogen) atoms. The number of imide groups is 1. The van der Waals surface area contributed by atoms with Crippen molar-refractivity contribution < 1.29 is 19.1 Å². The van der Waals surface area contributed by atoms with Crippen LogP contribution in [0.1, 0.15) is 59.3 Å². The van der Waals surface area contributed by atoms with Crippen LogP contribution in [0.15, 0.2) is 24.3 Å². The minimum Gasteiger partial charge on any atom is -0.497 e. The maximum Gasteiger partial charge on any atom is 0.257 e. The summed E-state index contributed by atoms with van der Waals surface area (Å²) in [6.07, 6.45) is 5.00. The molecule has 2 aliphatic rings. The summed E-state index contributed by atoms with van der Waals surface area (Å²) in [4.78, 5) is 42.2. The Balaban J connectivity index is 1.87. The van der Waals surface area contributed by atoms with Gasteiger partial charge in [0.15, 0.2) is 0 Å². The molecule has 0 N–H and O–H groups in total. The number of hydrogen-bond donors (Lipinski definition) is 0. The summed E-state index contributed by atoms with van der Waals surface area (Å²) in [6, 6.07) is 6.09. The topological polar surface area (TPSA) is 66.9 Å². The lowest BCUT2D eigenvalue weighted by molar-refractivity contribution is -0.148. The van der Waals surface area contributed by atoms with Gasteiger partial charge in [-0.1, -0.05) is 19.3 Å². The predicted molar refractivity (Wildman–Crippen MR) is 107 cm³/mol. The number of carbonyl (C=O) groups is 3. The first-order chi connectivity index (χ1) is 13.2. The van der Waals surface area contributed by atoms with E-state index in [4.69, 9.17) is 4.74 Å². The molecule has 1 heterocycles. The maximum absolute atomic E-state index is 13.3. The van der Waals surface area contributed by atoms with Crippen LogP contribution in [0.25, 0.3) is 0 Å². The lowest BCUT2D eigenvalue weighted by atomic mass is 9.86. The Morgan fingerprint density at radius 3 is 2.21 bits per heavy atom. The number of rotatable bonds is 4. The average molecular weight is 386 g/mol. The van der Waals surface area contributed by atoms with Crippen molar-refractivity contribution in [2.24, 2.45) is 5.92 Å². The lowest BCUT2D eigenvalue weighted by Gasteiger charge is -2.41.